The van der Waals surface area contributed by atoms with Gasteiger partial charge in [-0.1, -0.05) is 15.9 Å². The van der Waals surface area contributed by atoms with Crippen molar-refractivity contribution < 1.29 is 9.21 Å². The molecule has 3 rings (SSSR count). The van der Waals surface area contributed by atoms with Gasteiger partial charge in [0.15, 0.2) is 5.78 Å². The van der Waals surface area contributed by atoms with Gasteiger partial charge in [-0.15, -0.1) is 0 Å². The molecule has 3 aromatic rings. The molecule has 0 saturated carbocycles. The Kier molecular flexibility index (Phi) is 4.25. The van der Waals surface area contributed by atoms with Gasteiger partial charge >= 0.3 is 5.63 Å². The highest BCUT2D eigenvalue weighted by Crippen LogP contribution is 2.19. The molecule has 2 aromatic heterocycles. The summed E-state index contributed by atoms with van der Waals surface area (Å²) in [4.78, 5) is 24.2. The maximum Gasteiger partial charge on any atom is 0.347 e. The molecule has 0 unspecified atom stereocenters. The summed E-state index contributed by atoms with van der Waals surface area (Å²) in [6.45, 7) is 2.73. The van der Waals surface area contributed by atoms with Crippen LogP contribution in [0.3, 0.4) is 0 Å². The molecule has 0 aliphatic rings. The smallest absolute Gasteiger partial charge is 0.347 e. The Morgan fingerprint density at radius 3 is 2.96 bits per heavy atom. The summed E-state index contributed by atoms with van der Waals surface area (Å²) < 4.78 is 7.80. The summed E-state index contributed by atoms with van der Waals surface area (Å²) in [5, 5.41) is 4.81. The number of hydrogen-bond donors (Lipinski definition) is 0. The van der Waals surface area contributed by atoms with Crippen LogP contribution in [0.4, 0.5) is 0 Å². The largest absolute Gasteiger partial charge is 0.422 e. The number of ketones is 1. The van der Waals surface area contributed by atoms with E-state index in [-0.39, 0.29) is 5.56 Å². The SMILES string of the molecule is CCn1cc(C=CC(=O)c2cc3cc(Br)ccc3oc2=O)cn1. The fourth-order valence-electron chi connectivity index (χ4n) is 2.17. The van der Waals surface area contributed by atoms with E-state index in [0.717, 1.165) is 16.6 Å². The van der Waals surface area contributed by atoms with E-state index >= 15 is 0 Å². The van der Waals surface area contributed by atoms with Crippen molar-refractivity contribution in [2.45, 2.75) is 13.5 Å². The van der Waals surface area contributed by atoms with Gasteiger partial charge in [0, 0.05) is 28.2 Å². The first-order valence-corrected chi connectivity index (χ1v) is 7.84. The molecule has 0 saturated heterocycles. The maximum atomic E-state index is 12.3. The standard InChI is InChI=1S/C17H13BrN2O3/c1-2-20-10-11(9-19-20)3-5-15(21)14-8-12-7-13(18)4-6-16(12)23-17(14)22/h3-10H,2H2,1H3. The van der Waals surface area contributed by atoms with Gasteiger partial charge in [0.2, 0.25) is 0 Å². The van der Waals surface area contributed by atoms with Crippen molar-refractivity contribution in [2.24, 2.45) is 0 Å². The number of aromatic nitrogens is 2. The number of fused-ring (bicyclic) bond motifs is 1. The van der Waals surface area contributed by atoms with Crippen LogP contribution in [-0.2, 0) is 6.54 Å². The predicted molar refractivity (Wildman–Crippen MR) is 91.4 cm³/mol. The van der Waals surface area contributed by atoms with Crippen LogP contribution in [0.2, 0.25) is 0 Å². The fraction of sp³-hybridized carbons (Fsp3) is 0.118. The van der Waals surface area contributed by atoms with E-state index in [1.54, 1.807) is 41.2 Å². The van der Waals surface area contributed by atoms with Crippen molar-refractivity contribution in [1.29, 1.82) is 0 Å². The summed E-state index contributed by atoms with van der Waals surface area (Å²) in [7, 11) is 0. The van der Waals surface area contributed by atoms with Crippen LogP contribution in [0.5, 0.6) is 0 Å². The first-order chi connectivity index (χ1) is 11.1. The van der Waals surface area contributed by atoms with Crippen molar-refractivity contribution in [3.63, 3.8) is 0 Å². The molecule has 0 bridgehead atoms. The molecule has 2 heterocycles. The number of nitrogens with zero attached hydrogens (tertiary/aromatic N) is 2. The molecule has 0 amide bonds. The number of hydrogen-bond acceptors (Lipinski definition) is 4. The quantitative estimate of drug-likeness (QED) is 0.398. The molecule has 23 heavy (non-hydrogen) atoms. The van der Waals surface area contributed by atoms with Crippen LogP contribution < -0.4 is 5.63 Å². The highest BCUT2D eigenvalue weighted by Gasteiger charge is 2.11. The van der Waals surface area contributed by atoms with Gasteiger partial charge in [-0.25, -0.2) is 4.79 Å². The Hall–Kier alpha value is -2.47. The molecule has 0 spiro atoms. The van der Waals surface area contributed by atoms with Crippen molar-refractivity contribution in [2.75, 3.05) is 0 Å². The van der Waals surface area contributed by atoms with E-state index in [1.807, 2.05) is 13.1 Å². The third kappa shape index (κ3) is 3.32. The van der Waals surface area contributed by atoms with Crippen LogP contribution >= 0.6 is 15.9 Å². The molecule has 0 radical (unpaired) electrons. The highest BCUT2D eigenvalue weighted by atomic mass is 79.9. The van der Waals surface area contributed by atoms with E-state index in [2.05, 4.69) is 21.0 Å². The molecule has 116 valence electrons. The molecular formula is C17H13BrN2O3. The van der Waals surface area contributed by atoms with Crippen molar-refractivity contribution in [3.05, 3.63) is 68.8 Å². The Morgan fingerprint density at radius 2 is 2.22 bits per heavy atom. The van der Waals surface area contributed by atoms with E-state index in [4.69, 9.17) is 4.42 Å². The predicted octanol–water partition coefficient (Wildman–Crippen LogP) is 3.67. The number of aryl methyl sites for hydroxylation is 1. The minimum Gasteiger partial charge on any atom is -0.422 e. The normalized spacial score (nSPS) is 11.4. The zero-order chi connectivity index (χ0) is 16.4. The summed E-state index contributed by atoms with van der Waals surface area (Å²) in [5.74, 6) is -0.398. The Labute approximate surface area is 140 Å². The lowest BCUT2D eigenvalue weighted by atomic mass is 10.1. The van der Waals surface area contributed by atoms with Crippen LogP contribution in [0.1, 0.15) is 22.8 Å². The van der Waals surface area contributed by atoms with Crippen molar-refractivity contribution in [1.82, 2.24) is 9.78 Å². The Balaban J connectivity index is 1.93. The second kappa shape index (κ2) is 6.34. The van der Waals surface area contributed by atoms with Gasteiger partial charge in [-0.05, 0) is 43.3 Å². The second-order valence-corrected chi connectivity index (χ2v) is 5.87. The molecule has 1 aromatic carbocycles. The first-order valence-electron chi connectivity index (χ1n) is 7.05. The lowest BCUT2D eigenvalue weighted by Crippen LogP contribution is -2.11. The third-order valence-corrected chi connectivity index (χ3v) is 3.86. The van der Waals surface area contributed by atoms with E-state index in [1.165, 1.54) is 6.08 Å². The van der Waals surface area contributed by atoms with E-state index in [0.29, 0.717) is 11.0 Å². The highest BCUT2D eigenvalue weighted by molar-refractivity contribution is 9.10. The van der Waals surface area contributed by atoms with Gasteiger partial charge in [0.1, 0.15) is 11.1 Å². The number of carbonyl (C=O) groups is 1. The van der Waals surface area contributed by atoms with Crippen LogP contribution in [-0.4, -0.2) is 15.6 Å². The van der Waals surface area contributed by atoms with E-state index < -0.39 is 11.4 Å². The van der Waals surface area contributed by atoms with Crippen LogP contribution in [0.15, 0.2) is 56.4 Å². The van der Waals surface area contributed by atoms with Gasteiger partial charge < -0.3 is 4.42 Å². The van der Waals surface area contributed by atoms with Gasteiger partial charge in [0.25, 0.3) is 0 Å². The number of benzene rings is 1. The average molecular weight is 373 g/mol. The number of carbonyl (C=O) groups excluding carboxylic acids is 1. The number of allylic oxidation sites excluding steroid dienone is 1. The molecular weight excluding hydrogens is 360 g/mol. The van der Waals surface area contributed by atoms with Crippen molar-refractivity contribution >= 4 is 38.8 Å². The molecule has 0 fully saturated rings. The van der Waals surface area contributed by atoms with Gasteiger partial charge in [-0.3, -0.25) is 9.48 Å². The lowest BCUT2D eigenvalue weighted by Gasteiger charge is -2.00. The van der Waals surface area contributed by atoms with Crippen LogP contribution in [0, 0.1) is 0 Å². The average Bonchev–Trinajstić information content (AvgIpc) is 3.00. The summed E-state index contributed by atoms with van der Waals surface area (Å²) in [6.07, 6.45) is 6.47. The van der Waals surface area contributed by atoms with Crippen LogP contribution in [0.25, 0.3) is 17.0 Å². The Morgan fingerprint density at radius 1 is 1.39 bits per heavy atom. The monoisotopic (exact) mass is 372 g/mol. The minimum atomic E-state index is -0.640. The fourth-order valence-corrected chi connectivity index (χ4v) is 2.55. The minimum absolute atomic E-state index is 0.00901. The molecule has 0 aliphatic carbocycles. The van der Waals surface area contributed by atoms with E-state index in [9.17, 15) is 9.59 Å². The van der Waals surface area contributed by atoms with Gasteiger partial charge in [-0.2, -0.15) is 5.10 Å². The zero-order valence-electron chi connectivity index (χ0n) is 12.3. The topological polar surface area (TPSA) is 65.1 Å². The molecule has 0 N–H and O–H groups in total. The maximum absolute atomic E-state index is 12.3. The molecule has 0 aliphatic heterocycles. The first kappa shape index (κ1) is 15.4. The summed E-state index contributed by atoms with van der Waals surface area (Å²) in [6, 6.07) is 6.81. The number of rotatable bonds is 4. The zero-order valence-corrected chi connectivity index (χ0v) is 13.9. The third-order valence-electron chi connectivity index (χ3n) is 3.36. The lowest BCUT2D eigenvalue weighted by molar-refractivity contribution is 0.104. The Bertz CT molecular complexity index is 969. The van der Waals surface area contributed by atoms with Gasteiger partial charge in [0.05, 0.1) is 6.20 Å². The molecule has 6 heteroatoms. The molecule has 5 nitrogen and oxygen atoms in total. The van der Waals surface area contributed by atoms with Crippen molar-refractivity contribution in [3.8, 4) is 0 Å². The summed E-state index contributed by atoms with van der Waals surface area (Å²) >= 11 is 3.35. The summed E-state index contributed by atoms with van der Waals surface area (Å²) in [5.41, 5.74) is 0.615. The molecule has 0 atom stereocenters. The second-order valence-electron chi connectivity index (χ2n) is 4.96. The number of halogens is 1.